The van der Waals surface area contributed by atoms with Gasteiger partial charge in [0, 0.05) is 24.7 Å². The van der Waals surface area contributed by atoms with E-state index in [1.165, 1.54) is 6.08 Å². The van der Waals surface area contributed by atoms with E-state index in [-0.39, 0.29) is 11.8 Å². The third kappa shape index (κ3) is 4.11. The SMILES string of the molecule is COc1ccccc1C=CC(=O)Nc1ccccc1C(=O)N1CCCC1. The molecule has 2 aromatic rings. The van der Waals surface area contributed by atoms with Crippen LogP contribution in [-0.4, -0.2) is 36.9 Å². The van der Waals surface area contributed by atoms with Gasteiger partial charge in [-0.15, -0.1) is 0 Å². The fraction of sp³-hybridized carbons (Fsp3) is 0.238. The third-order valence-corrected chi connectivity index (χ3v) is 4.36. The highest BCUT2D eigenvalue weighted by molar-refractivity contribution is 6.07. The summed E-state index contributed by atoms with van der Waals surface area (Å²) in [5.74, 6) is 0.367. The number of methoxy groups -OCH3 is 1. The van der Waals surface area contributed by atoms with Gasteiger partial charge in [0.1, 0.15) is 5.75 Å². The van der Waals surface area contributed by atoms with Crippen LogP contribution in [-0.2, 0) is 4.79 Å². The van der Waals surface area contributed by atoms with E-state index in [2.05, 4.69) is 5.32 Å². The molecule has 1 heterocycles. The smallest absolute Gasteiger partial charge is 0.255 e. The normalized spacial score (nSPS) is 13.8. The second-order valence-corrected chi connectivity index (χ2v) is 6.11. The zero-order valence-corrected chi connectivity index (χ0v) is 14.8. The molecule has 0 aromatic heterocycles. The van der Waals surface area contributed by atoms with Gasteiger partial charge in [-0.2, -0.15) is 0 Å². The molecule has 1 saturated heterocycles. The molecule has 0 unspecified atom stereocenters. The minimum absolute atomic E-state index is 0.0351. The third-order valence-electron chi connectivity index (χ3n) is 4.36. The van der Waals surface area contributed by atoms with Crippen LogP contribution >= 0.6 is 0 Å². The number of hydrogen-bond donors (Lipinski definition) is 1. The molecule has 26 heavy (non-hydrogen) atoms. The second kappa shape index (κ2) is 8.34. The van der Waals surface area contributed by atoms with Crippen LogP contribution < -0.4 is 10.1 Å². The molecule has 0 saturated carbocycles. The van der Waals surface area contributed by atoms with Crippen molar-refractivity contribution in [3.8, 4) is 5.75 Å². The van der Waals surface area contributed by atoms with Crippen molar-refractivity contribution >= 4 is 23.6 Å². The maximum atomic E-state index is 12.7. The Balaban J connectivity index is 1.73. The second-order valence-electron chi connectivity index (χ2n) is 6.11. The summed E-state index contributed by atoms with van der Waals surface area (Å²) < 4.78 is 5.27. The Morgan fingerprint density at radius 2 is 1.73 bits per heavy atom. The van der Waals surface area contributed by atoms with Gasteiger partial charge in [-0.3, -0.25) is 9.59 Å². The number of para-hydroxylation sites is 2. The number of anilines is 1. The van der Waals surface area contributed by atoms with E-state index in [1.807, 2.05) is 35.2 Å². The molecule has 1 fully saturated rings. The van der Waals surface area contributed by atoms with Crippen LogP contribution in [0.15, 0.2) is 54.6 Å². The summed E-state index contributed by atoms with van der Waals surface area (Å²) >= 11 is 0. The number of ether oxygens (including phenoxy) is 1. The highest BCUT2D eigenvalue weighted by atomic mass is 16.5. The van der Waals surface area contributed by atoms with Crippen LogP contribution in [0.25, 0.3) is 6.08 Å². The number of benzene rings is 2. The molecule has 0 aliphatic carbocycles. The van der Waals surface area contributed by atoms with Crippen molar-refractivity contribution in [2.75, 3.05) is 25.5 Å². The van der Waals surface area contributed by atoms with E-state index in [0.29, 0.717) is 17.0 Å². The fourth-order valence-electron chi connectivity index (χ4n) is 3.01. The first kappa shape index (κ1) is 17.7. The number of amides is 2. The van der Waals surface area contributed by atoms with Crippen molar-refractivity contribution in [2.45, 2.75) is 12.8 Å². The summed E-state index contributed by atoms with van der Waals surface area (Å²) in [7, 11) is 1.59. The lowest BCUT2D eigenvalue weighted by Crippen LogP contribution is -2.28. The predicted molar refractivity (Wildman–Crippen MR) is 102 cm³/mol. The number of nitrogens with zero attached hydrogens (tertiary/aromatic N) is 1. The zero-order valence-electron chi connectivity index (χ0n) is 14.8. The molecule has 1 aliphatic rings. The lowest BCUT2D eigenvalue weighted by molar-refractivity contribution is -0.111. The molecule has 5 nitrogen and oxygen atoms in total. The highest BCUT2D eigenvalue weighted by Gasteiger charge is 2.21. The maximum Gasteiger partial charge on any atom is 0.255 e. The molecule has 0 spiro atoms. The van der Waals surface area contributed by atoms with Crippen LogP contribution in [0.5, 0.6) is 5.75 Å². The van der Waals surface area contributed by atoms with Crippen molar-refractivity contribution in [1.82, 2.24) is 4.90 Å². The number of carbonyl (C=O) groups excluding carboxylic acids is 2. The quantitative estimate of drug-likeness (QED) is 0.839. The molecule has 1 N–H and O–H groups in total. The van der Waals surface area contributed by atoms with Crippen LogP contribution in [0.4, 0.5) is 5.69 Å². The first-order chi connectivity index (χ1) is 12.7. The standard InChI is InChI=1S/C21H22N2O3/c1-26-19-11-5-2-8-16(19)12-13-20(24)22-18-10-4-3-9-17(18)21(25)23-14-6-7-15-23/h2-5,8-13H,6-7,14-15H2,1H3,(H,22,24). The van der Waals surface area contributed by atoms with Gasteiger partial charge in [0.05, 0.1) is 18.4 Å². The first-order valence-electron chi connectivity index (χ1n) is 8.69. The van der Waals surface area contributed by atoms with Gasteiger partial charge in [0.2, 0.25) is 5.91 Å². The van der Waals surface area contributed by atoms with Crippen LogP contribution in [0.2, 0.25) is 0 Å². The molecule has 1 aliphatic heterocycles. The van der Waals surface area contributed by atoms with Gasteiger partial charge in [0.25, 0.3) is 5.91 Å². The summed E-state index contributed by atoms with van der Waals surface area (Å²) in [5.41, 5.74) is 1.86. The summed E-state index contributed by atoms with van der Waals surface area (Å²) in [6, 6.07) is 14.6. The molecule has 134 valence electrons. The van der Waals surface area contributed by atoms with Crippen LogP contribution in [0.1, 0.15) is 28.8 Å². The average molecular weight is 350 g/mol. The monoisotopic (exact) mass is 350 g/mol. The Morgan fingerprint density at radius 1 is 1.04 bits per heavy atom. The Labute approximate surface area is 153 Å². The van der Waals surface area contributed by atoms with Crippen molar-refractivity contribution in [1.29, 1.82) is 0 Å². The number of likely N-dealkylation sites (tertiary alicyclic amines) is 1. The lowest BCUT2D eigenvalue weighted by Gasteiger charge is -2.17. The molecule has 0 bridgehead atoms. The van der Waals surface area contributed by atoms with Crippen molar-refractivity contribution in [2.24, 2.45) is 0 Å². The molecule has 0 atom stereocenters. The molecule has 5 heteroatoms. The Kier molecular flexibility index (Phi) is 5.69. The van der Waals surface area contributed by atoms with Gasteiger partial charge in [-0.25, -0.2) is 0 Å². The zero-order chi connectivity index (χ0) is 18.4. The number of carbonyl (C=O) groups is 2. The number of hydrogen-bond acceptors (Lipinski definition) is 3. The molecule has 2 aromatic carbocycles. The van der Waals surface area contributed by atoms with Gasteiger partial charge in [-0.1, -0.05) is 30.3 Å². The minimum Gasteiger partial charge on any atom is -0.496 e. The van der Waals surface area contributed by atoms with Gasteiger partial charge < -0.3 is 15.0 Å². The van der Waals surface area contributed by atoms with Crippen molar-refractivity contribution in [3.05, 3.63) is 65.7 Å². The number of nitrogens with one attached hydrogen (secondary N) is 1. The van der Waals surface area contributed by atoms with Crippen molar-refractivity contribution in [3.63, 3.8) is 0 Å². The highest BCUT2D eigenvalue weighted by Crippen LogP contribution is 2.21. The average Bonchev–Trinajstić information content (AvgIpc) is 3.21. The first-order valence-corrected chi connectivity index (χ1v) is 8.69. The Hall–Kier alpha value is -3.08. The van der Waals surface area contributed by atoms with E-state index in [4.69, 9.17) is 4.74 Å². The van der Waals surface area contributed by atoms with Crippen molar-refractivity contribution < 1.29 is 14.3 Å². The van der Waals surface area contributed by atoms with Crippen LogP contribution in [0.3, 0.4) is 0 Å². The molecular weight excluding hydrogens is 328 g/mol. The largest absolute Gasteiger partial charge is 0.496 e. The predicted octanol–water partition coefficient (Wildman–Crippen LogP) is 3.58. The topological polar surface area (TPSA) is 58.6 Å². The van der Waals surface area contributed by atoms with Crippen LogP contribution in [0, 0.1) is 0 Å². The van der Waals surface area contributed by atoms with E-state index < -0.39 is 0 Å². The Morgan fingerprint density at radius 3 is 2.50 bits per heavy atom. The fourth-order valence-corrected chi connectivity index (χ4v) is 3.01. The lowest BCUT2D eigenvalue weighted by atomic mass is 10.1. The summed E-state index contributed by atoms with van der Waals surface area (Å²) in [6.45, 7) is 1.55. The van der Waals surface area contributed by atoms with E-state index in [1.54, 1.807) is 31.4 Å². The van der Waals surface area contributed by atoms with E-state index in [0.717, 1.165) is 31.5 Å². The van der Waals surface area contributed by atoms with E-state index in [9.17, 15) is 9.59 Å². The molecule has 3 rings (SSSR count). The molecule has 0 radical (unpaired) electrons. The summed E-state index contributed by atoms with van der Waals surface area (Å²) in [5, 5.41) is 2.81. The molecular formula is C21H22N2O3. The van der Waals surface area contributed by atoms with Gasteiger partial charge in [0.15, 0.2) is 0 Å². The van der Waals surface area contributed by atoms with Gasteiger partial charge in [-0.05, 0) is 37.1 Å². The maximum absolute atomic E-state index is 12.7. The minimum atomic E-state index is -0.294. The summed E-state index contributed by atoms with van der Waals surface area (Å²) in [6.07, 6.45) is 5.19. The van der Waals surface area contributed by atoms with Gasteiger partial charge >= 0.3 is 0 Å². The summed E-state index contributed by atoms with van der Waals surface area (Å²) in [4.78, 5) is 26.8. The van der Waals surface area contributed by atoms with E-state index >= 15 is 0 Å². The molecule has 2 amide bonds. The number of rotatable bonds is 5. The Bertz CT molecular complexity index is 824.